The van der Waals surface area contributed by atoms with Crippen LogP contribution in [0.4, 0.5) is 0 Å². The fourth-order valence-corrected chi connectivity index (χ4v) is 2.44. The lowest BCUT2D eigenvalue weighted by Gasteiger charge is -2.40. The van der Waals surface area contributed by atoms with Crippen LogP contribution in [0.15, 0.2) is 30.3 Å². The zero-order valence-corrected chi connectivity index (χ0v) is 11.3. The Kier molecular flexibility index (Phi) is 4.39. The molecule has 1 fully saturated rings. The number of aliphatic hydroxyl groups is 1. The molecule has 0 bridgehead atoms. The van der Waals surface area contributed by atoms with Crippen LogP contribution in [0.1, 0.15) is 24.8 Å². The van der Waals surface area contributed by atoms with Crippen molar-refractivity contribution < 1.29 is 14.7 Å². The standard InChI is InChI=1S/C15H19N2O3/c16-14(19)15(20)10-4-5-11-17(15)13(18)9-8-12-6-2-1-3-7-12/h1-3,6-7,9,20H,4-5,8,10-11H2,(H2,16,19). The third-order valence-electron chi connectivity index (χ3n) is 3.62. The molecule has 1 unspecified atom stereocenters. The van der Waals surface area contributed by atoms with Crippen molar-refractivity contribution >= 4 is 11.8 Å². The van der Waals surface area contributed by atoms with Crippen molar-refractivity contribution in [2.45, 2.75) is 31.4 Å². The number of amides is 2. The van der Waals surface area contributed by atoms with E-state index in [1.165, 1.54) is 11.3 Å². The maximum absolute atomic E-state index is 12.2. The van der Waals surface area contributed by atoms with Crippen LogP contribution in [0.5, 0.6) is 0 Å². The topological polar surface area (TPSA) is 83.6 Å². The zero-order valence-electron chi connectivity index (χ0n) is 11.3. The molecular weight excluding hydrogens is 256 g/mol. The largest absolute Gasteiger partial charge is 0.365 e. The van der Waals surface area contributed by atoms with E-state index in [1.807, 2.05) is 30.3 Å². The summed E-state index contributed by atoms with van der Waals surface area (Å²) in [6.07, 6.45) is 3.59. The molecule has 3 N–H and O–H groups in total. The maximum Gasteiger partial charge on any atom is 0.270 e. The molecule has 1 aromatic rings. The first kappa shape index (κ1) is 14.5. The normalized spacial score (nSPS) is 22.6. The van der Waals surface area contributed by atoms with Gasteiger partial charge in [0.2, 0.25) is 11.6 Å². The molecule has 20 heavy (non-hydrogen) atoms. The van der Waals surface area contributed by atoms with Crippen molar-refractivity contribution in [1.29, 1.82) is 0 Å². The van der Waals surface area contributed by atoms with Gasteiger partial charge < -0.3 is 15.7 Å². The number of carbonyl (C=O) groups is 2. The van der Waals surface area contributed by atoms with Gasteiger partial charge in [-0.2, -0.15) is 0 Å². The SMILES string of the molecule is NC(=O)C1(O)CCCCN1C(=O)[CH]Cc1ccccc1. The van der Waals surface area contributed by atoms with Crippen LogP contribution >= 0.6 is 0 Å². The highest BCUT2D eigenvalue weighted by Gasteiger charge is 2.44. The van der Waals surface area contributed by atoms with E-state index < -0.39 is 11.6 Å². The Balaban J connectivity index is 2.02. The summed E-state index contributed by atoms with van der Waals surface area (Å²) in [6.45, 7) is 0.351. The van der Waals surface area contributed by atoms with Gasteiger partial charge in [-0.3, -0.25) is 9.59 Å². The second-order valence-electron chi connectivity index (χ2n) is 5.02. The maximum atomic E-state index is 12.2. The van der Waals surface area contributed by atoms with E-state index in [4.69, 9.17) is 5.73 Å². The fraction of sp³-hybridized carbons (Fsp3) is 0.400. The average molecular weight is 275 g/mol. The van der Waals surface area contributed by atoms with Crippen molar-refractivity contribution in [3.63, 3.8) is 0 Å². The van der Waals surface area contributed by atoms with Crippen LogP contribution in [0.25, 0.3) is 0 Å². The molecule has 0 spiro atoms. The number of benzene rings is 1. The number of rotatable bonds is 4. The van der Waals surface area contributed by atoms with Crippen LogP contribution in [-0.2, 0) is 16.0 Å². The smallest absolute Gasteiger partial charge is 0.270 e. The van der Waals surface area contributed by atoms with Crippen molar-refractivity contribution in [1.82, 2.24) is 4.90 Å². The number of likely N-dealkylation sites (tertiary alicyclic amines) is 1. The van der Waals surface area contributed by atoms with Crippen molar-refractivity contribution in [3.8, 4) is 0 Å². The predicted octanol–water partition coefficient (Wildman–Crippen LogP) is 0.620. The average Bonchev–Trinajstić information content (AvgIpc) is 2.46. The number of hydrogen-bond donors (Lipinski definition) is 2. The van der Waals surface area contributed by atoms with E-state index in [-0.39, 0.29) is 12.3 Å². The molecule has 0 saturated carbocycles. The second kappa shape index (κ2) is 6.05. The van der Waals surface area contributed by atoms with Gasteiger partial charge in [-0.15, -0.1) is 0 Å². The third-order valence-corrected chi connectivity index (χ3v) is 3.62. The van der Waals surface area contributed by atoms with Crippen LogP contribution < -0.4 is 5.73 Å². The van der Waals surface area contributed by atoms with Crippen molar-refractivity contribution in [3.05, 3.63) is 42.3 Å². The number of nitrogens with two attached hydrogens (primary N) is 1. The zero-order chi connectivity index (χ0) is 14.6. The molecule has 1 heterocycles. The summed E-state index contributed by atoms with van der Waals surface area (Å²) >= 11 is 0. The number of hydrogen-bond acceptors (Lipinski definition) is 3. The molecule has 0 aliphatic carbocycles. The van der Waals surface area contributed by atoms with Gasteiger partial charge in [0.1, 0.15) is 0 Å². The van der Waals surface area contributed by atoms with E-state index in [2.05, 4.69) is 0 Å². The first-order chi connectivity index (χ1) is 9.54. The summed E-state index contributed by atoms with van der Waals surface area (Å²) in [6, 6.07) is 9.53. The van der Waals surface area contributed by atoms with E-state index in [9.17, 15) is 14.7 Å². The molecule has 5 heteroatoms. The van der Waals surface area contributed by atoms with Gasteiger partial charge in [-0.05, 0) is 24.8 Å². The molecule has 1 radical (unpaired) electrons. The van der Waals surface area contributed by atoms with Crippen molar-refractivity contribution in [2.24, 2.45) is 5.73 Å². The van der Waals surface area contributed by atoms with E-state index in [1.54, 1.807) is 0 Å². The molecule has 1 aromatic carbocycles. The summed E-state index contributed by atoms with van der Waals surface area (Å²) in [5, 5.41) is 10.3. The van der Waals surface area contributed by atoms with E-state index in [0.717, 1.165) is 12.0 Å². The molecule has 1 atom stereocenters. The van der Waals surface area contributed by atoms with Crippen LogP contribution in [-0.4, -0.2) is 34.1 Å². The quantitative estimate of drug-likeness (QED) is 0.845. The predicted molar refractivity (Wildman–Crippen MR) is 74.2 cm³/mol. The molecule has 107 valence electrons. The second-order valence-corrected chi connectivity index (χ2v) is 5.02. The molecule has 5 nitrogen and oxygen atoms in total. The van der Waals surface area contributed by atoms with Gasteiger partial charge in [-0.1, -0.05) is 30.3 Å². The van der Waals surface area contributed by atoms with Gasteiger partial charge in [0.15, 0.2) is 0 Å². The number of nitrogens with zero attached hydrogens (tertiary/aromatic N) is 1. The molecular formula is C15H19N2O3. The Hall–Kier alpha value is -1.88. The highest BCUT2D eigenvalue weighted by atomic mass is 16.3. The number of carbonyl (C=O) groups excluding carboxylic acids is 2. The van der Waals surface area contributed by atoms with Crippen molar-refractivity contribution in [2.75, 3.05) is 6.54 Å². The molecule has 1 aliphatic rings. The minimum Gasteiger partial charge on any atom is -0.365 e. The summed E-state index contributed by atoms with van der Waals surface area (Å²) in [7, 11) is 0. The first-order valence-electron chi connectivity index (χ1n) is 6.75. The lowest BCUT2D eigenvalue weighted by molar-refractivity contribution is -0.177. The van der Waals surface area contributed by atoms with Gasteiger partial charge in [0.05, 0.1) is 6.42 Å². The summed E-state index contributed by atoms with van der Waals surface area (Å²) in [5.74, 6) is -1.21. The molecule has 0 aromatic heterocycles. The van der Waals surface area contributed by atoms with Crippen LogP contribution in [0, 0.1) is 6.42 Å². The summed E-state index contributed by atoms with van der Waals surface area (Å²) in [4.78, 5) is 24.8. The molecule has 1 saturated heterocycles. The number of piperidine rings is 1. The Bertz CT molecular complexity index is 489. The lowest BCUT2D eigenvalue weighted by Crippen LogP contribution is -2.61. The molecule has 2 amide bonds. The Morgan fingerprint density at radius 2 is 2.00 bits per heavy atom. The molecule has 2 rings (SSSR count). The molecule has 1 aliphatic heterocycles. The van der Waals surface area contributed by atoms with E-state index >= 15 is 0 Å². The van der Waals surface area contributed by atoms with Gasteiger partial charge >= 0.3 is 0 Å². The first-order valence-corrected chi connectivity index (χ1v) is 6.75. The Morgan fingerprint density at radius 3 is 2.65 bits per heavy atom. The van der Waals surface area contributed by atoms with E-state index in [0.29, 0.717) is 19.4 Å². The third kappa shape index (κ3) is 2.99. The van der Waals surface area contributed by atoms with Gasteiger partial charge in [0, 0.05) is 13.0 Å². The summed E-state index contributed by atoms with van der Waals surface area (Å²) in [5.41, 5.74) is 4.40. The Morgan fingerprint density at radius 1 is 1.30 bits per heavy atom. The summed E-state index contributed by atoms with van der Waals surface area (Å²) < 4.78 is 0. The number of primary amides is 1. The highest BCUT2D eigenvalue weighted by Crippen LogP contribution is 2.26. The van der Waals surface area contributed by atoms with Gasteiger partial charge in [-0.25, -0.2) is 0 Å². The minimum absolute atomic E-state index is 0.202. The minimum atomic E-state index is -1.84. The van der Waals surface area contributed by atoms with Gasteiger partial charge in [0.25, 0.3) is 5.91 Å². The highest BCUT2D eigenvalue weighted by molar-refractivity contribution is 5.92. The van der Waals surface area contributed by atoms with Crippen LogP contribution in [0.2, 0.25) is 0 Å². The van der Waals surface area contributed by atoms with Crippen LogP contribution in [0.3, 0.4) is 0 Å². The fourth-order valence-electron chi connectivity index (χ4n) is 2.44. The monoisotopic (exact) mass is 275 g/mol. The Labute approximate surface area is 118 Å². The lowest BCUT2D eigenvalue weighted by atomic mass is 9.96.